The minimum Gasteiger partial charge on any atom is -0.299 e. The van der Waals surface area contributed by atoms with Crippen molar-refractivity contribution in [2.75, 3.05) is 19.6 Å². The zero-order chi connectivity index (χ0) is 16.3. The van der Waals surface area contributed by atoms with Crippen LogP contribution >= 0.6 is 0 Å². The molecule has 23 heavy (non-hydrogen) atoms. The van der Waals surface area contributed by atoms with Crippen molar-refractivity contribution in [3.63, 3.8) is 0 Å². The van der Waals surface area contributed by atoms with Crippen molar-refractivity contribution >= 4 is 10.0 Å². The second-order valence-corrected chi connectivity index (χ2v) is 9.14. The van der Waals surface area contributed by atoms with E-state index in [1.807, 2.05) is 0 Å². The van der Waals surface area contributed by atoms with Gasteiger partial charge in [0, 0.05) is 19.6 Å². The average molecular weight is 337 g/mol. The standard InChI is InChI=1S/C18H28N2O2S/c1-15-5-2-3-7-17(15)14-20-12-4-6-16(13-20)10-11-19-23(21,22)18-8-9-18/h2-3,5,7,16,18-19H,4,6,8-14H2,1H3. The summed E-state index contributed by atoms with van der Waals surface area (Å²) < 4.78 is 26.5. The van der Waals surface area contributed by atoms with Crippen LogP contribution in [0.15, 0.2) is 24.3 Å². The summed E-state index contributed by atoms with van der Waals surface area (Å²) in [6, 6.07) is 8.58. The summed E-state index contributed by atoms with van der Waals surface area (Å²) in [6.07, 6.45) is 5.06. The summed E-state index contributed by atoms with van der Waals surface area (Å²) in [5.74, 6) is 0.606. The van der Waals surface area contributed by atoms with Crippen LogP contribution in [0.1, 0.15) is 43.2 Å². The van der Waals surface area contributed by atoms with Gasteiger partial charge in [-0.15, -0.1) is 0 Å². The Morgan fingerprint density at radius 3 is 2.74 bits per heavy atom. The van der Waals surface area contributed by atoms with Gasteiger partial charge in [0.1, 0.15) is 0 Å². The number of likely N-dealkylation sites (tertiary alicyclic amines) is 1. The summed E-state index contributed by atoms with van der Waals surface area (Å²) >= 11 is 0. The number of aryl methyl sites for hydroxylation is 1. The number of hydrogen-bond acceptors (Lipinski definition) is 3. The molecular formula is C18H28N2O2S. The van der Waals surface area contributed by atoms with E-state index in [2.05, 4.69) is 40.8 Å². The number of hydrogen-bond donors (Lipinski definition) is 1. The Morgan fingerprint density at radius 2 is 2.00 bits per heavy atom. The number of piperidine rings is 1. The molecule has 1 aromatic rings. The number of rotatable bonds is 7. The van der Waals surface area contributed by atoms with Crippen LogP contribution in [0.3, 0.4) is 0 Å². The fourth-order valence-electron chi connectivity index (χ4n) is 3.46. The minimum absolute atomic E-state index is 0.105. The molecule has 1 atom stereocenters. The second kappa shape index (κ2) is 7.32. The minimum atomic E-state index is -3.02. The van der Waals surface area contributed by atoms with Gasteiger partial charge in [0.15, 0.2) is 0 Å². The molecule has 1 aliphatic carbocycles. The van der Waals surface area contributed by atoms with Gasteiger partial charge < -0.3 is 0 Å². The molecule has 1 saturated carbocycles. The first kappa shape index (κ1) is 16.9. The van der Waals surface area contributed by atoms with Crippen LogP contribution in [-0.4, -0.2) is 38.2 Å². The lowest BCUT2D eigenvalue weighted by molar-refractivity contribution is 0.162. The molecule has 1 N–H and O–H groups in total. The molecule has 4 nitrogen and oxygen atoms in total. The Balaban J connectivity index is 1.45. The fraction of sp³-hybridized carbons (Fsp3) is 0.667. The molecular weight excluding hydrogens is 308 g/mol. The molecule has 1 saturated heterocycles. The Kier molecular flexibility index (Phi) is 5.39. The SMILES string of the molecule is Cc1ccccc1CN1CCCC(CCNS(=O)(=O)C2CC2)C1. The van der Waals surface area contributed by atoms with E-state index in [0.29, 0.717) is 12.5 Å². The van der Waals surface area contributed by atoms with Gasteiger partial charge in [-0.1, -0.05) is 24.3 Å². The fourth-order valence-corrected chi connectivity index (χ4v) is 4.86. The van der Waals surface area contributed by atoms with E-state index in [1.165, 1.54) is 24.0 Å². The molecule has 0 amide bonds. The molecule has 1 unspecified atom stereocenters. The first-order chi connectivity index (χ1) is 11.0. The van der Waals surface area contributed by atoms with Gasteiger partial charge >= 0.3 is 0 Å². The first-order valence-corrected chi connectivity index (χ1v) is 10.3. The Hall–Kier alpha value is -0.910. The molecule has 0 spiro atoms. The molecule has 0 bridgehead atoms. The first-order valence-electron chi connectivity index (χ1n) is 8.80. The predicted molar refractivity (Wildman–Crippen MR) is 93.7 cm³/mol. The van der Waals surface area contributed by atoms with E-state index >= 15 is 0 Å². The predicted octanol–water partition coefficient (Wildman–Crippen LogP) is 2.68. The monoisotopic (exact) mass is 336 g/mol. The summed E-state index contributed by atoms with van der Waals surface area (Å²) in [4.78, 5) is 2.52. The van der Waals surface area contributed by atoms with Crippen LogP contribution in [0.25, 0.3) is 0 Å². The van der Waals surface area contributed by atoms with Crippen molar-refractivity contribution in [2.24, 2.45) is 5.92 Å². The van der Waals surface area contributed by atoms with E-state index in [0.717, 1.165) is 38.9 Å². The van der Waals surface area contributed by atoms with Crippen LogP contribution in [0.4, 0.5) is 0 Å². The molecule has 1 aromatic carbocycles. The van der Waals surface area contributed by atoms with Crippen LogP contribution in [0.2, 0.25) is 0 Å². The summed E-state index contributed by atoms with van der Waals surface area (Å²) in [5.41, 5.74) is 2.76. The second-order valence-electron chi connectivity index (χ2n) is 7.10. The third-order valence-corrected chi connectivity index (χ3v) is 7.03. The van der Waals surface area contributed by atoms with Crippen LogP contribution in [0, 0.1) is 12.8 Å². The quantitative estimate of drug-likeness (QED) is 0.833. The van der Waals surface area contributed by atoms with Gasteiger partial charge in [-0.3, -0.25) is 4.90 Å². The van der Waals surface area contributed by atoms with Gasteiger partial charge in [0.05, 0.1) is 5.25 Å². The molecule has 3 rings (SSSR count). The van der Waals surface area contributed by atoms with Crippen molar-refractivity contribution in [1.29, 1.82) is 0 Å². The highest BCUT2D eigenvalue weighted by Gasteiger charge is 2.35. The zero-order valence-corrected chi connectivity index (χ0v) is 14.8. The molecule has 0 aromatic heterocycles. The van der Waals surface area contributed by atoms with Crippen molar-refractivity contribution in [3.05, 3.63) is 35.4 Å². The van der Waals surface area contributed by atoms with Crippen molar-refractivity contribution < 1.29 is 8.42 Å². The lowest BCUT2D eigenvalue weighted by Gasteiger charge is -2.33. The number of nitrogens with zero attached hydrogens (tertiary/aromatic N) is 1. The van der Waals surface area contributed by atoms with Crippen molar-refractivity contribution in [3.8, 4) is 0 Å². The lowest BCUT2D eigenvalue weighted by Crippen LogP contribution is -2.37. The topological polar surface area (TPSA) is 49.4 Å². The maximum atomic E-state index is 11.9. The third kappa shape index (κ3) is 4.78. The van der Waals surface area contributed by atoms with Gasteiger partial charge in [0.2, 0.25) is 10.0 Å². The van der Waals surface area contributed by atoms with E-state index in [-0.39, 0.29) is 5.25 Å². The maximum absolute atomic E-state index is 11.9. The Bertz CT molecular complexity index is 626. The number of sulfonamides is 1. The molecule has 0 radical (unpaired) electrons. The normalized spacial score (nSPS) is 23.1. The number of nitrogens with one attached hydrogen (secondary N) is 1. The molecule has 2 aliphatic rings. The van der Waals surface area contributed by atoms with Gasteiger partial charge in [-0.05, 0) is 62.6 Å². The average Bonchev–Trinajstić information content (AvgIpc) is 3.35. The largest absolute Gasteiger partial charge is 0.299 e. The van der Waals surface area contributed by atoms with E-state index in [4.69, 9.17) is 0 Å². The summed E-state index contributed by atoms with van der Waals surface area (Å²) in [6.45, 7) is 6.01. The smallest absolute Gasteiger partial charge is 0.214 e. The van der Waals surface area contributed by atoms with Crippen LogP contribution in [-0.2, 0) is 16.6 Å². The molecule has 1 aliphatic heterocycles. The van der Waals surface area contributed by atoms with Crippen molar-refractivity contribution in [1.82, 2.24) is 9.62 Å². The van der Waals surface area contributed by atoms with Crippen LogP contribution < -0.4 is 4.72 Å². The highest BCUT2D eigenvalue weighted by molar-refractivity contribution is 7.90. The maximum Gasteiger partial charge on any atom is 0.214 e. The number of benzene rings is 1. The van der Waals surface area contributed by atoms with E-state index in [1.54, 1.807) is 0 Å². The van der Waals surface area contributed by atoms with Gasteiger partial charge in [0.25, 0.3) is 0 Å². The molecule has 128 valence electrons. The zero-order valence-electron chi connectivity index (χ0n) is 14.0. The highest BCUT2D eigenvalue weighted by atomic mass is 32.2. The molecule has 5 heteroatoms. The van der Waals surface area contributed by atoms with Gasteiger partial charge in [-0.25, -0.2) is 13.1 Å². The van der Waals surface area contributed by atoms with Crippen molar-refractivity contribution in [2.45, 2.75) is 50.8 Å². The lowest BCUT2D eigenvalue weighted by atomic mass is 9.94. The van der Waals surface area contributed by atoms with E-state index in [9.17, 15) is 8.42 Å². The Morgan fingerprint density at radius 1 is 1.22 bits per heavy atom. The van der Waals surface area contributed by atoms with Gasteiger partial charge in [-0.2, -0.15) is 0 Å². The van der Waals surface area contributed by atoms with Crippen LogP contribution in [0.5, 0.6) is 0 Å². The van der Waals surface area contributed by atoms with E-state index < -0.39 is 10.0 Å². The molecule has 1 heterocycles. The summed E-state index contributed by atoms with van der Waals surface area (Å²) in [7, 11) is -3.02. The summed E-state index contributed by atoms with van der Waals surface area (Å²) in [5, 5.41) is -0.105. The highest BCUT2D eigenvalue weighted by Crippen LogP contribution is 2.27. The Labute approximate surface area is 140 Å². The molecule has 2 fully saturated rings. The third-order valence-electron chi connectivity index (χ3n) is 5.08.